The second-order valence-corrected chi connectivity index (χ2v) is 9.74. The van der Waals surface area contributed by atoms with E-state index in [4.69, 9.17) is 10.5 Å². The number of nitrogens with zero attached hydrogens (tertiary/aromatic N) is 2. The van der Waals surface area contributed by atoms with Gasteiger partial charge in [0.2, 0.25) is 0 Å². The van der Waals surface area contributed by atoms with E-state index < -0.39 is 27.9 Å². The highest BCUT2D eigenvalue weighted by atomic mass is 32.2. The van der Waals surface area contributed by atoms with Crippen LogP contribution in [-0.4, -0.2) is 39.4 Å². The Morgan fingerprint density at radius 1 is 0.939 bits per heavy atom. The first-order valence-electron chi connectivity index (χ1n) is 10.4. The van der Waals surface area contributed by atoms with E-state index in [0.717, 1.165) is 5.56 Å². The van der Waals surface area contributed by atoms with Crippen LogP contribution in [0.3, 0.4) is 0 Å². The fraction of sp³-hybridized carbons (Fsp3) is 0.167. The quantitative estimate of drug-likeness (QED) is 0.639. The molecule has 0 aliphatic carbocycles. The topological polar surface area (TPSA) is 110 Å². The van der Waals surface area contributed by atoms with Crippen molar-refractivity contribution in [1.29, 1.82) is 0 Å². The van der Waals surface area contributed by atoms with E-state index in [1.54, 1.807) is 48.5 Å². The molecule has 2 heterocycles. The molecule has 2 amide bonds. The molecule has 0 spiro atoms. The van der Waals surface area contributed by atoms with Crippen LogP contribution < -0.4 is 19.7 Å². The second-order valence-electron chi connectivity index (χ2n) is 7.88. The van der Waals surface area contributed by atoms with Crippen LogP contribution in [0.15, 0.2) is 77.7 Å². The maximum absolute atomic E-state index is 13.4. The van der Waals surface area contributed by atoms with Crippen molar-refractivity contribution in [3.05, 3.63) is 83.9 Å². The third-order valence-electron chi connectivity index (χ3n) is 5.85. The van der Waals surface area contributed by atoms with Crippen LogP contribution >= 0.6 is 0 Å². The fourth-order valence-corrected chi connectivity index (χ4v) is 5.75. The lowest BCUT2D eigenvalue weighted by molar-refractivity contribution is -0.124. The van der Waals surface area contributed by atoms with Crippen LogP contribution in [0.2, 0.25) is 0 Å². The molecule has 0 fully saturated rings. The minimum atomic E-state index is -3.86. The Kier molecular flexibility index (Phi) is 5.05. The highest BCUT2D eigenvalue weighted by molar-refractivity contribution is 7.92. The number of rotatable bonds is 4. The van der Waals surface area contributed by atoms with Gasteiger partial charge in [0.05, 0.1) is 22.8 Å². The Morgan fingerprint density at radius 3 is 2.45 bits per heavy atom. The molecular formula is C24H21N3O5S. The van der Waals surface area contributed by atoms with E-state index in [2.05, 4.69) is 0 Å². The van der Waals surface area contributed by atoms with Crippen molar-refractivity contribution in [2.45, 2.75) is 17.4 Å². The van der Waals surface area contributed by atoms with Gasteiger partial charge >= 0.3 is 0 Å². The number of hydrogen-bond acceptors (Lipinski definition) is 5. The van der Waals surface area contributed by atoms with Crippen LogP contribution in [0.4, 0.5) is 11.4 Å². The minimum Gasteiger partial charge on any atom is -0.477 e. The fourth-order valence-electron chi connectivity index (χ4n) is 4.21. The molecular weight excluding hydrogens is 442 g/mol. The van der Waals surface area contributed by atoms with Gasteiger partial charge in [-0.05, 0) is 48.4 Å². The molecule has 2 aliphatic heterocycles. The third kappa shape index (κ3) is 3.60. The Labute approximate surface area is 191 Å². The summed E-state index contributed by atoms with van der Waals surface area (Å²) in [5.41, 5.74) is 7.72. The zero-order chi connectivity index (χ0) is 23.2. The van der Waals surface area contributed by atoms with Gasteiger partial charge in [-0.3, -0.25) is 13.9 Å². The molecule has 33 heavy (non-hydrogen) atoms. The summed E-state index contributed by atoms with van der Waals surface area (Å²) in [5, 5.41) is 0. The second kappa shape index (κ2) is 7.93. The highest BCUT2D eigenvalue weighted by Gasteiger charge is 2.34. The van der Waals surface area contributed by atoms with Gasteiger partial charge in [0.25, 0.3) is 21.8 Å². The first-order valence-corrected chi connectivity index (χ1v) is 11.9. The molecule has 168 valence electrons. The number of primary amides is 1. The Morgan fingerprint density at radius 2 is 1.67 bits per heavy atom. The van der Waals surface area contributed by atoms with Crippen LogP contribution in [0.5, 0.6) is 5.75 Å². The molecule has 3 aromatic carbocycles. The molecule has 0 saturated carbocycles. The molecule has 2 aliphatic rings. The van der Waals surface area contributed by atoms with Gasteiger partial charge in [-0.25, -0.2) is 8.42 Å². The summed E-state index contributed by atoms with van der Waals surface area (Å²) >= 11 is 0. The molecule has 8 nitrogen and oxygen atoms in total. The largest absolute Gasteiger partial charge is 0.477 e. The minimum absolute atomic E-state index is 0.0260. The van der Waals surface area contributed by atoms with E-state index in [1.165, 1.54) is 21.3 Å². The number of anilines is 2. The molecule has 5 rings (SSSR count). The van der Waals surface area contributed by atoms with Gasteiger partial charge in [-0.15, -0.1) is 0 Å². The number of benzene rings is 3. The summed E-state index contributed by atoms with van der Waals surface area (Å²) in [5.74, 6) is -0.777. The average molecular weight is 464 g/mol. The van der Waals surface area contributed by atoms with E-state index in [-0.39, 0.29) is 17.0 Å². The normalized spacial score (nSPS) is 17.2. The standard InChI is InChI=1S/C24H21N3O5S/c25-23(28)22-15-26(20-10-3-4-11-21(20)32-22)24(29)17-7-5-8-18(14-17)33(30,31)27-13-12-16-6-1-2-9-19(16)27/h1-11,14,22H,12-13,15H2,(H2,25,28)/t22-/m1/s1. The van der Waals surface area contributed by atoms with Crippen molar-refractivity contribution in [1.82, 2.24) is 0 Å². The van der Waals surface area contributed by atoms with Crippen LogP contribution in [-0.2, 0) is 21.2 Å². The van der Waals surface area contributed by atoms with E-state index in [9.17, 15) is 18.0 Å². The van der Waals surface area contributed by atoms with Gasteiger partial charge in [0.15, 0.2) is 6.10 Å². The summed E-state index contributed by atoms with van der Waals surface area (Å²) in [4.78, 5) is 26.6. The summed E-state index contributed by atoms with van der Waals surface area (Å²) in [7, 11) is -3.86. The summed E-state index contributed by atoms with van der Waals surface area (Å²) < 4.78 is 33.8. The monoisotopic (exact) mass is 463 g/mol. The van der Waals surface area contributed by atoms with Gasteiger partial charge in [-0.1, -0.05) is 36.4 Å². The lowest BCUT2D eigenvalue weighted by Crippen LogP contribution is -2.49. The maximum Gasteiger partial charge on any atom is 0.264 e. The number of sulfonamides is 1. The molecule has 1 atom stereocenters. The third-order valence-corrected chi connectivity index (χ3v) is 7.66. The number of fused-ring (bicyclic) bond motifs is 2. The predicted molar refractivity (Wildman–Crippen MR) is 123 cm³/mol. The number of nitrogens with two attached hydrogens (primary N) is 1. The SMILES string of the molecule is NC(=O)[C@H]1CN(C(=O)c2cccc(S(=O)(=O)N3CCc4ccccc43)c2)c2ccccc2O1. The van der Waals surface area contributed by atoms with Crippen LogP contribution in [0.25, 0.3) is 0 Å². The van der Waals surface area contributed by atoms with E-state index in [1.807, 2.05) is 12.1 Å². The summed E-state index contributed by atoms with van der Waals surface area (Å²) in [6, 6.07) is 20.2. The van der Waals surface area contributed by atoms with Crippen molar-refractivity contribution >= 4 is 33.2 Å². The van der Waals surface area contributed by atoms with Crippen LogP contribution in [0, 0.1) is 0 Å². The number of ether oxygens (including phenoxy) is 1. The maximum atomic E-state index is 13.4. The van der Waals surface area contributed by atoms with E-state index in [0.29, 0.717) is 30.1 Å². The van der Waals surface area contributed by atoms with Crippen LogP contribution in [0.1, 0.15) is 15.9 Å². The van der Waals surface area contributed by atoms with Gasteiger partial charge < -0.3 is 15.4 Å². The van der Waals surface area contributed by atoms with E-state index >= 15 is 0 Å². The van der Waals surface area contributed by atoms with Crippen molar-refractivity contribution in [2.24, 2.45) is 5.73 Å². The van der Waals surface area contributed by atoms with Gasteiger partial charge in [0.1, 0.15) is 5.75 Å². The Bertz CT molecular complexity index is 1370. The lowest BCUT2D eigenvalue weighted by Gasteiger charge is -2.33. The number of para-hydroxylation sites is 3. The summed E-state index contributed by atoms with van der Waals surface area (Å²) in [6.07, 6.45) is -0.371. The number of carbonyl (C=O) groups excluding carboxylic acids is 2. The Hall–Kier alpha value is -3.85. The smallest absolute Gasteiger partial charge is 0.264 e. The zero-order valence-corrected chi connectivity index (χ0v) is 18.4. The predicted octanol–water partition coefficient (Wildman–Crippen LogP) is 2.33. The Balaban J connectivity index is 1.50. The molecule has 0 saturated heterocycles. The van der Waals surface area contributed by atoms with Gasteiger partial charge in [0, 0.05) is 12.1 Å². The van der Waals surface area contributed by atoms with Crippen molar-refractivity contribution in [2.75, 3.05) is 22.3 Å². The molecule has 9 heteroatoms. The average Bonchev–Trinajstić information content (AvgIpc) is 3.28. The van der Waals surface area contributed by atoms with Crippen molar-refractivity contribution in [3.63, 3.8) is 0 Å². The zero-order valence-electron chi connectivity index (χ0n) is 17.5. The van der Waals surface area contributed by atoms with Crippen molar-refractivity contribution < 1.29 is 22.7 Å². The van der Waals surface area contributed by atoms with Gasteiger partial charge in [-0.2, -0.15) is 0 Å². The molecule has 0 radical (unpaired) electrons. The molecule has 2 N–H and O–H groups in total. The summed E-state index contributed by atoms with van der Waals surface area (Å²) in [6.45, 7) is 0.276. The number of hydrogen-bond donors (Lipinski definition) is 1. The molecule has 0 bridgehead atoms. The first kappa shape index (κ1) is 21.0. The number of amides is 2. The highest BCUT2D eigenvalue weighted by Crippen LogP contribution is 2.35. The molecule has 0 unspecified atom stereocenters. The molecule has 0 aromatic heterocycles. The first-order chi connectivity index (χ1) is 15.9. The van der Waals surface area contributed by atoms with Crippen molar-refractivity contribution in [3.8, 4) is 5.75 Å². The number of carbonyl (C=O) groups is 2. The molecule has 3 aromatic rings. The lowest BCUT2D eigenvalue weighted by atomic mass is 10.1.